The Labute approximate surface area is 120 Å². The third-order valence-electron chi connectivity index (χ3n) is 3.18. The number of hydrogen-bond acceptors (Lipinski definition) is 4. The van der Waals surface area contributed by atoms with E-state index in [4.69, 9.17) is 4.74 Å². The highest BCUT2D eigenvalue weighted by Crippen LogP contribution is 2.16. The van der Waals surface area contributed by atoms with Gasteiger partial charge in [-0.2, -0.15) is 10.2 Å². The van der Waals surface area contributed by atoms with Crippen LogP contribution in [-0.4, -0.2) is 31.7 Å². The quantitative estimate of drug-likeness (QED) is 0.759. The summed E-state index contributed by atoms with van der Waals surface area (Å²) in [6.45, 7) is 0.654. The molecule has 1 aromatic carbocycles. The Hall–Kier alpha value is -2.83. The lowest BCUT2D eigenvalue weighted by atomic mass is 10.3. The van der Waals surface area contributed by atoms with Crippen LogP contribution < -0.4 is 10.4 Å². The van der Waals surface area contributed by atoms with Gasteiger partial charge in [0.2, 0.25) is 0 Å². The summed E-state index contributed by atoms with van der Waals surface area (Å²) >= 11 is 0. The van der Waals surface area contributed by atoms with Gasteiger partial charge in [-0.3, -0.25) is 4.68 Å². The summed E-state index contributed by atoms with van der Waals surface area (Å²) in [5, 5.41) is 10.7. The van der Waals surface area contributed by atoms with E-state index in [-0.39, 0.29) is 5.69 Å². The third kappa shape index (κ3) is 2.71. The molecular formula is C14H15N5O2. The Morgan fingerprint density at radius 3 is 3.00 bits per heavy atom. The Morgan fingerprint density at radius 2 is 2.24 bits per heavy atom. The largest absolute Gasteiger partial charge is 0.497 e. The summed E-state index contributed by atoms with van der Waals surface area (Å²) in [6.07, 6.45) is 4.19. The number of benzene rings is 1. The molecule has 0 atom stereocenters. The minimum Gasteiger partial charge on any atom is -0.497 e. The molecule has 0 saturated heterocycles. The van der Waals surface area contributed by atoms with Gasteiger partial charge >= 0.3 is 5.69 Å². The molecule has 7 nitrogen and oxygen atoms in total. The zero-order valence-electron chi connectivity index (χ0n) is 11.6. The lowest BCUT2D eigenvalue weighted by Gasteiger charge is -2.07. The van der Waals surface area contributed by atoms with Gasteiger partial charge in [-0.25, -0.2) is 14.5 Å². The first-order chi connectivity index (χ1) is 10.3. The predicted molar refractivity (Wildman–Crippen MR) is 76.7 cm³/mol. The summed E-state index contributed by atoms with van der Waals surface area (Å²) < 4.78 is 8.54. The van der Waals surface area contributed by atoms with Crippen LogP contribution in [-0.2, 0) is 13.0 Å². The van der Waals surface area contributed by atoms with Gasteiger partial charge in [0.1, 0.15) is 11.6 Å². The first kappa shape index (κ1) is 13.2. The van der Waals surface area contributed by atoms with Crippen molar-refractivity contribution in [3.63, 3.8) is 0 Å². The van der Waals surface area contributed by atoms with Crippen molar-refractivity contribution in [1.82, 2.24) is 24.5 Å². The molecule has 0 fully saturated rings. The summed E-state index contributed by atoms with van der Waals surface area (Å²) in [4.78, 5) is 12.0. The number of aromatic nitrogens is 5. The number of rotatable bonds is 5. The monoisotopic (exact) mass is 285 g/mol. The maximum Gasteiger partial charge on any atom is 0.347 e. The second-order valence-electron chi connectivity index (χ2n) is 4.50. The molecule has 1 N–H and O–H groups in total. The summed E-state index contributed by atoms with van der Waals surface area (Å²) in [6, 6.07) is 9.17. The Bertz CT molecular complexity index is 773. The van der Waals surface area contributed by atoms with Gasteiger partial charge in [-0.05, 0) is 18.2 Å². The van der Waals surface area contributed by atoms with E-state index < -0.39 is 0 Å². The fourth-order valence-electron chi connectivity index (χ4n) is 2.16. The van der Waals surface area contributed by atoms with Crippen LogP contribution in [0.1, 0.15) is 5.82 Å². The van der Waals surface area contributed by atoms with E-state index in [1.165, 1.54) is 0 Å². The summed E-state index contributed by atoms with van der Waals surface area (Å²) in [7, 11) is 1.59. The van der Waals surface area contributed by atoms with Gasteiger partial charge in [0, 0.05) is 31.4 Å². The van der Waals surface area contributed by atoms with E-state index in [9.17, 15) is 4.79 Å². The van der Waals surface area contributed by atoms with Gasteiger partial charge in [0.05, 0.1) is 12.8 Å². The van der Waals surface area contributed by atoms with E-state index in [1.807, 2.05) is 30.5 Å². The molecule has 0 bridgehead atoms. The van der Waals surface area contributed by atoms with Crippen LogP contribution in [0.15, 0.2) is 47.5 Å². The molecule has 3 aromatic rings. The number of H-pyrrole nitrogens is 1. The van der Waals surface area contributed by atoms with Crippen molar-refractivity contribution in [2.24, 2.45) is 0 Å². The molecule has 0 unspecified atom stereocenters. The number of ether oxygens (including phenoxy) is 1. The molecule has 0 spiro atoms. The number of aryl methyl sites for hydroxylation is 2. The zero-order valence-corrected chi connectivity index (χ0v) is 11.6. The van der Waals surface area contributed by atoms with Crippen molar-refractivity contribution in [1.29, 1.82) is 0 Å². The van der Waals surface area contributed by atoms with E-state index in [0.29, 0.717) is 24.5 Å². The van der Waals surface area contributed by atoms with Crippen molar-refractivity contribution in [3.05, 3.63) is 59.0 Å². The van der Waals surface area contributed by atoms with Crippen molar-refractivity contribution >= 4 is 0 Å². The first-order valence-corrected chi connectivity index (χ1v) is 6.56. The number of hydrogen-bond donors (Lipinski definition) is 1. The third-order valence-corrected chi connectivity index (χ3v) is 3.18. The molecule has 0 radical (unpaired) electrons. The lowest BCUT2D eigenvalue weighted by molar-refractivity contribution is 0.414. The highest BCUT2D eigenvalue weighted by molar-refractivity contribution is 5.39. The van der Waals surface area contributed by atoms with E-state index in [2.05, 4.69) is 15.3 Å². The smallest absolute Gasteiger partial charge is 0.347 e. The molecule has 2 aromatic heterocycles. The zero-order chi connectivity index (χ0) is 14.7. The van der Waals surface area contributed by atoms with Crippen molar-refractivity contribution < 1.29 is 4.74 Å². The SMILES string of the molecule is COc1cccc(-n2c(CCn3cccn3)n[nH]c2=O)c1. The van der Waals surface area contributed by atoms with E-state index in [0.717, 1.165) is 5.69 Å². The van der Waals surface area contributed by atoms with Crippen LogP contribution >= 0.6 is 0 Å². The topological polar surface area (TPSA) is 77.7 Å². The van der Waals surface area contributed by atoms with Crippen LogP contribution in [0.5, 0.6) is 5.75 Å². The Balaban J connectivity index is 1.91. The number of aromatic amines is 1. The lowest BCUT2D eigenvalue weighted by Crippen LogP contribution is -2.18. The first-order valence-electron chi connectivity index (χ1n) is 6.56. The fraction of sp³-hybridized carbons (Fsp3) is 0.214. The molecule has 21 heavy (non-hydrogen) atoms. The number of nitrogens with one attached hydrogen (secondary N) is 1. The molecule has 0 saturated carbocycles. The van der Waals surface area contributed by atoms with E-state index >= 15 is 0 Å². The molecule has 3 rings (SSSR count). The minimum atomic E-state index is -0.265. The fourth-order valence-corrected chi connectivity index (χ4v) is 2.16. The average Bonchev–Trinajstić information content (AvgIpc) is 3.14. The molecule has 108 valence electrons. The second-order valence-corrected chi connectivity index (χ2v) is 4.50. The van der Waals surface area contributed by atoms with Crippen LogP contribution in [0.3, 0.4) is 0 Å². The Kier molecular flexibility index (Phi) is 3.55. The molecule has 0 aliphatic rings. The maximum atomic E-state index is 12.0. The van der Waals surface area contributed by atoms with Gasteiger partial charge in [0.15, 0.2) is 0 Å². The highest BCUT2D eigenvalue weighted by Gasteiger charge is 2.11. The van der Waals surface area contributed by atoms with Crippen LogP contribution in [0, 0.1) is 0 Å². The molecule has 0 aliphatic heterocycles. The predicted octanol–water partition coefficient (Wildman–Crippen LogP) is 1.01. The number of nitrogens with zero attached hydrogens (tertiary/aromatic N) is 4. The van der Waals surface area contributed by atoms with Crippen LogP contribution in [0.25, 0.3) is 5.69 Å². The highest BCUT2D eigenvalue weighted by atomic mass is 16.5. The van der Waals surface area contributed by atoms with Crippen molar-refractivity contribution in [3.8, 4) is 11.4 Å². The molecule has 0 aliphatic carbocycles. The molecular weight excluding hydrogens is 270 g/mol. The van der Waals surface area contributed by atoms with Crippen molar-refractivity contribution in [2.75, 3.05) is 7.11 Å². The maximum absolute atomic E-state index is 12.0. The van der Waals surface area contributed by atoms with Gasteiger partial charge in [-0.1, -0.05) is 6.07 Å². The summed E-state index contributed by atoms with van der Waals surface area (Å²) in [5.74, 6) is 1.35. The second kappa shape index (κ2) is 5.66. The van der Waals surface area contributed by atoms with Gasteiger partial charge < -0.3 is 4.74 Å². The van der Waals surface area contributed by atoms with Crippen LogP contribution in [0.4, 0.5) is 0 Å². The Morgan fingerprint density at radius 1 is 1.33 bits per heavy atom. The standard InChI is InChI=1S/C14H15N5O2/c1-21-12-5-2-4-11(10-12)19-13(16-17-14(19)20)6-9-18-8-3-7-15-18/h2-5,7-8,10H,6,9H2,1H3,(H,17,20). The molecule has 7 heteroatoms. The average molecular weight is 285 g/mol. The van der Waals surface area contributed by atoms with Gasteiger partial charge in [0.25, 0.3) is 0 Å². The molecule has 0 amide bonds. The minimum absolute atomic E-state index is 0.265. The normalized spacial score (nSPS) is 10.7. The number of methoxy groups -OCH3 is 1. The molecule has 2 heterocycles. The van der Waals surface area contributed by atoms with Crippen LogP contribution in [0.2, 0.25) is 0 Å². The van der Waals surface area contributed by atoms with Gasteiger partial charge in [-0.15, -0.1) is 0 Å². The van der Waals surface area contributed by atoms with E-state index in [1.54, 1.807) is 28.6 Å². The van der Waals surface area contributed by atoms with Crippen molar-refractivity contribution in [2.45, 2.75) is 13.0 Å². The summed E-state index contributed by atoms with van der Waals surface area (Å²) in [5.41, 5.74) is 0.460.